The summed E-state index contributed by atoms with van der Waals surface area (Å²) in [4.78, 5) is 22.2. The van der Waals surface area contributed by atoms with Gasteiger partial charge in [0.15, 0.2) is 0 Å². The van der Waals surface area contributed by atoms with E-state index in [-0.39, 0.29) is 34.0 Å². The van der Waals surface area contributed by atoms with Crippen LogP contribution in [0.1, 0.15) is 41.9 Å². The van der Waals surface area contributed by atoms with Crippen LogP contribution >= 0.6 is 0 Å². The topological polar surface area (TPSA) is 133 Å². The maximum atomic E-state index is 13.0. The summed E-state index contributed by atoms with van der Waals surface area (Å²) < 4.78 is 68.1. The second-order valence-electron chi connectivity index (χ2n) is 6.36. The number of pyridine rings is 2. The smallest absolute Gasteiger partial charge is 0.364 e. The van der Waals surface area contributed by atoms with Crippen LogP contribution < -0.4 is 10.5 Å². The highest BCUT2D eigenvalue weighted by atomic mass is 32.2. The van der Waals surface area contributed by atoms with Crippen LogP contribution in [-0.4, -0.2) is 33.8 Å². The molecule has 0 radical (unpaired) electrons. The summed E-state index contributed by atoms with van der Waals surface area (Å²) in [5, 5.41) is 0. The van der Waals surface area contributed by atoms with Crippen molar-refractivity contribution in [1.29, 1.82) is 0 Å². The predicted octanol–water partition coefficient (Wildman–Crippen LogP) is 2.00. The van der Waals surface area contributed by atoms with Gasteiger partial charge in [0.25, 0.3) is 5.91 Å². The van der Waals surface area contributed by atoms with Gasteiger partial charge in [-0.15, -0.1) is 0 Å². The second-order valence-corrected chi connectivity index (χ2v) is 8.07. The molecule has 1 atom stereocenters. The third-order valence-electron chi connectivity index (χ3n) is 4.29. The Bertz CT molecular complexity index is 1210. The summed E-state index contributed by atoms with van der Waals surface area (Å²) in [5.74, 6) is -0.581. The van der Waals surface area contributed by atoms with E-state index in [4.69, 9.17) is 5.73 Å². The highest BCUT2D eigenvalue weighted by Crippen LogP contribution is 2.30. The molecule has 0 aliphatic heterocycles. The summed E-state index contributed by atoms with van der Waals surface area (Å²) in [6.45, 7) is 3.47. The third kappa shape index (κ3) is 4.11. The van der Waals surface area contributed by atoms with Crippen LogP contribution in [0.2, 0.25) is 0 Å². The zero-order chi connectivity index (χ0) is 22.3. The van der Waals surface area contributed by atoms with Gasteiger partial charge in [0.2, 0.25) is 10.0 Å². The third-order valence-corrected chi connectivity index (χ3v) is 5.82. The molecule has 3 aromatic heterocycles. The Labute approximate surface area is 169 Å². The fraction of sp³-hybridized carbons (Fsp3) is 0.294. The molecule has 0 saturated carbocycles. The minimum absolute atomic E-state index is 0.0947. The van der Waals surface area contributed by atoms with Gasteiger partial charge < -0.3 is 10.3 Å². The number of primary amides is 1. The van der Waals surface area contributed by atoms with Crippen LogP contribution in [0.15, 0.2) is 35.5 Å². The number of fused-ring (bicyclic) bond motifs is 1. The molecule has 30 heavy (non-hydrogen) atoms. The van der Waals surface area contributed by atoms with Crippen LogP contribution in [0.4, 0.5) is 13.2 Å². The molecular weight excluding hydrogens is 425 g/mol. The second kappa shape index (κ2) is 7.65. The number of nitrogens with two attached hydrogens (primary N) is 1. The molecule has 0 aliphatic rings. The van der Waals surface area contributed by atoms with Crippen LogP contribution in [0, 0.1) is 0 Å². The molecule has 0 fully saturated rings. The highest BCUT2D eigenvalue weighted by Gasteiger charge is 2.33. The molecule has 3 rings (SSSR count). The fourth-order valence-electron chi connectivity index (χ4n) is 2.90. The predicted molar refractivity (Wildman–Crippen MR) is 99.7 cm³/mol. The van der Waals surface area contributed by atoms with Crippen molar-refractivity contribution < 1.29 is 26.4 Å². The maximum Gasteiger partial charge on any atom is 0.433 e. The molecule has 3 heterocycles. The van der Waals surface area contributed by atoms with E-state index in [1.54, 1.807) is 6.92 Å². The van der Waals surface area contributed by atoms with Gasteiger partial charge in [0.05, 0.1) is 17.8 Å². The van der Waals surface area contributed by atoms with Gasteiger partial charge in [-0.25, -0.2) is 28.1 Å². The number of amides is 1. The first-order valence-electron chi connectivity index (χ1n) is 8.65. The van der Waals surface area contributed by atoms with E-state index >= 15 is 0 Å². The number of nitrogens with zero attached hydrogens (tertiary/aromatic N) is 4. The van der Waals surface area contributed by atoms with E-state index in [1.807, 2.05) is 0 Å². The van der Waals surface area contributed by atoms with E-state index in [1.165, 1.54) is 23.6 Å². The summed E-state index contributed by atoms with van der Waals surface area (Å²) in [7, 11) is -4.06. The quantitative estimate of drug-likeness (QED) is 0.600. The van der Waals surface area contributed by atoms with Crippen molar-refractivity contribution in [1.82, 2.24) is 24.2 Å². The number of rotatable bonds is 6. The van der Waals surface area contributed by atoms with Gasteiger partial charge in [-0.3, -0.25) is 4.79 Å². The van der Waals surface area contributed by atoms with Crippen molar-refractivity contribution in [2.24, 2.45) is 5.73 Å². The number of hydrogen-bond acceptors (Lipinski definition) is 6. The Morgan fingerprint density at radius 2 is 1.97 bits per heavy atom. The lowest BCUT2D eigenvalue weighted by Gasteiger charge is -2.15. The molecule has 1 unspecified atom stereocenters. The number of aromatic nitrogens is 4. The van der Waals surface area contributed by atoms with Gasteiger partial charge in [-0.2, -0.15) is 13.2 Å². The molecule has 3 N–H and O–H groups in total. The minimum atomic E-state index is -4.62. The first kappa shape index (κ1) is 21.6. The molecule has 1 amide bonds. The number of hydrogen-bond donors (Lipinski definition) is 2. The number of aryl methyl sites for hydroxylation is 1. The molecule has 3 aromatic rings. The Morgan fingerprint density at radius 1 is 1.27 bits per heavy atom. The Kier molecular flexibility index (Phi) is 5.52. The monoisotopic (exact) mass is 442 g/mol. The van der Waals surface area contributed by atoms with Crippen molar-refractivity contribution in [3.63, 3.8) is 0 Å². The van der Waals surface area contributed by atoms with E-state index in [9.17, 15) is 26.4 Å². The molecule has 0 bridgehead atoms. The first-order chi connectivity index (χ1) is 13.9. The van der Waals surface area contributed by atoms with Crippen LogP contribution in [0.25, 0.3) is 11.0 Å². The maximum absolute atomic E-state index is 13.0. The number of alkyl halides is 3. The van der Waals surface area contributed by atoms with Gasteiger partial charge in [-0.1, -0.05) is 0 Å². The van der Waals surface area contributed by atoms with Gasteiger partial charge in [0.1, 0.15) is 27.6 Å². The van der Waals surface area contributed by atoms with Crippen molar-refractivity contribution >= 4 is 27.0 Å². The van der Waals surface area contributed by atoms with Crippen LogP contribution in [-0.2, 0) is 22.7 Å². The average molecular weight is 442 g/mol. The molecule has 0 aromatic carbocycles. The largest absolute Gasteiger partial charge is 0.433 e. The van der Waals surface area contributed by atoms with Crippen molar-refractivity contribution in [2.45, 2.75) is 37.5 Å². The number of carbonyl (C=O) groups excluding carboxylic acids is 1. The zero-order valence-corrected chi connectivity index (χ0v) is 16.6. The lowest BCUT2D eigenvalue weighted by molar-refractivity contribution is -0.141. The van der Waals surface area contributed by atoms with E-state index in [0.29, 0.717) is 0 Å². The Morgan fingerprint density at radius 3 is 2.50 bits per heavy atom. The zero-order valence-electron chi connectivity index (χ0n) is 15.8. The van der Waals surface area contributed by atoms with Gasteiger partial charge in [0, 0.05) is 12.7 Å². The molecule has 13 heteroatoms. The lowest BCUT2D eigenvalue weighted by Crippen LogP contribution is -2.29. The standard InChI is InChI=1S/C17H17F3N6O3S/c1-3-26-13-6-14(17(18,19)20)23-8-12(13)24-16(26)9(2)25-30(28,29)10-4-5-11(15(21)27)22-7-10/h4-9,25H,3H2,1-2H3,(H2,21,27). The normalized spacial score (nSPS) is 13.5. The van der Waals surface area contributed by atoms with Crippen molar-refractivity contribution in [2.75, 3.05) is 0 Å². The Balaban J connectivity index is 1.96. The van der Waals surface area contributed by atoms with E-state index < -0.39 is 33.8 Å². The number of halogens is 3. The molecule has 160 valence electrons. The van der Waals surface area contributed by atoms with Crippen LogP contribution in [0.5, 0.6) is 0 Å². The van der Waals surface area contributed by atoms with Gasteiger partial charge >= 0.3 is 6.18 Å². The molecule has 0 spiro atoms. The van der Waals surface area contributed by atoms with Crippen molar-refractivity contribution in [3.05, 3.63) is 47.8 Å². The lowest BCUT2D eigenvalue weighted by atomic mass is 10.3. The number of imidazole rings is 1. The minimum Gasteiger partial charge on any atom is -0.364 e. The van der Waals surface area contributed by atoms with Crippen LogP contribution in [0.3, 0.4) is 0 Å². The highest BCUT2D eigenvalue weighted by molar-refractivity contribution is 7.89. The summed E-state index contributed by atoms with van der Waals surface area (Å²) in [6.07, 6.45) is -2.63. The molecular formula is C17H17F3N6O3S. The number of carbonyl (C=O) groups is 1. The number of sulfonamides is 1. The summed E-state index contributed by atoms with van der Waals surface area (Å²) in [5.41, 5.74) is 4.32. The van der Waals surface area contributed by atoms with E-state index in [2.05, 4.69) is 19.7 Å². The fourth-order valence-corrected chi connectivity index (χ4v) is 4.05. The van der Waals surface area contributed by atoms with Gasteiger partial charge in [-0.05, 0) is 32.0 Å². The van der Waals surface area contributed by atoms with E-state index in [0.717, 1.165) is 18.5 Å². The SMILES string of the molecule is CCn1c(C(C)NS(=O)(=O)c2ccc(C(N)=O)nc2)nc2cnc(C(F)(F)F)cc21. The molecule has 0 aliphatic carbocycles. The molecule has 0 saturated heterocycles. The average Bonchev–Trinajstić information content (AvgIpc) is 3.05. The van der Waals surface area contributed by atoms with Crippen molar-refractivity contribution in [3.8, 4) is 0 Å². The summed E-state index contributed by atoms with van der Waals surface area (Å²) in [6, 6.07) is 2.34. The summed E-state index contributed by atoms with van der Waals surface area (Å²) >= 11 is 0. The number of nitrogens with one attached hydrogen (secondary N) is 1. The Hall–Kier alpha value is -3.06. The first-order valence-corrected chi connectivity index (χ1v) is 10.1. The molecule has 9 nitrogen and oxygen atoms in total.